The zero-order chi connectivity index (χ0) is 9.54. The van der Waals surface area contributed by atoms with Crippen molar-refractivity contribution in [3.63, 3.8) is 0 Å². The lowest BCUT2D eigenvalue weighted by Gasteiger charge is -1.69. The first-order valence-corrected chi connectivity index (χ1v) is 3.62. The Morgan fingerprint density at radius 2 is 1.45 bits per heavy atom. The van der Waals surface area contributed by atoms with E-state index < -0.39 is 0 Å². The van der Waals surface area contributed by atoms with Crippen molar-refractivity contribution < 1.29 is 0 Å². The van der Waals surface area contributed by atoms with Crippen molar-refractivity contribution in [2.45, 2.75) is 20.3 Å². The molecule has 0 N–H and O–H groups in total. The van der Waals surface area contributed by atoms with Crippen molar-refractivity contribution in [2.75, 3.05) is 0 Å². The zero-order valence-corrected chi connectivity index (χ0v) is 7.84. The molecule has 0 rings (SSSR count). The van der Waals surface area contributed by atoms with Crippen LogP contribution in [0.1, 0.15) is 20.3 Å². The second-order valence-electron chi connectivity index (χ2n) is 1.50. The Morgan fingerprint density at radius 3 is 1.55 bits per heavy atom. The lowest BCUT2D eigenvalue weighted by Crippen LogP contribution is -1.48. The van der Waals surface area contributed by atoms with Gasteiger partial charge in [-0.15, -0.1) is 26.3 Å². The molecular weight excluding hydrogens is 132 g/mol. The van der Waals surface area contributed by atoms with Crippen LogP contribution in [-0.4, -0.2) is 0 Å². The molecule has 0 nitrogen and oxygen atoms in total. The van der Waals surface area contributed by atoms with E-state index in [4.69, 9.17) is 0 Å². The van der Waals surface area contributed by atoms with Gasteiger partial charge in [0.15, 0.2) is 0 Å². The van der Waals surface area contributed by atoms with E-state index in [1.165, 1.54) is 0 Å². The van der Waals surface area contributed by atoms with Gasteiger partial charge < -0.3 is 0 Å². The summed E-state index contributed by atoms with van der Waals surface area (Å²) in [7, 11) is 0. The largest absolute Gasteiger partial charge is 0.106 e. The van der Waals surface area contributed by atoms with Gasteiger partial charge in [-0.3, -0.25) is 0 Å². The van der Waals surface area contributed by atoms with Crippen molar-refractivity contribution in [3.8, 4) is 0 Å². The Kier molecular flexibility index (Phi) is 54.3. The van der Waals surface area contributed by atoms with Crippen molar-refractivity contribution in [1.82, 2.24) is 0 Å². The summed E-state index contributed by atoms with van der Waals surface area (Å²) in [4.78, 5) is 0. The van der Waals surface area contributed by atoms with E-state index in [-0.39, 0.29) is 0 Å². The summed E-state index contributed by atoms with van der Waals surface area (Å²) in [6, 6.07) is 0. The molecule has 0 aliphatic rings. The normalized spacial score (nSPS) is 6.73. The number of hydrogen-bond acceptors (Lipinski definition) is 0. The van der Waals surface area contributed by atoms with Crippen LogP contribution in [0.3, 0.4) is 0 Å². The van der Waals surface area contributed by atoms with Gasteiger partial charge in [-0.1, -0.05) is 24.3 Å². The first kappa shape index (κ1) is 16.5. The molecule has 0 aromatic heterocycles. The molecule has 0 aliphatic carbocycles. The fourth-order valence-corrected chi connectivity index (χ4v) is 0.232. The first-order valence-electron chi connectivity index (χ1n) is 3.62. The molecule has 11 heavy (non-hydrogen) atoms. The minimum Gasteiger partial charge on any atom is -0.106 e. The monoisotopic (exact) mass is 152 g/mol. The van der Waals surface area contributed by atoms with E-state index in [0.717, 1.165) is 6.42 Å². The van der Waals surface area contributed by atoms with Crippen molar-refractivity contribution >= 4 is 0 Å². The van der Waals surface area contributed by atoms with E-state index in [1.807, 2.05) is 26.0 Å². The number of hydrogen-bond donors (Lipinski definition) is 0. The molecule has 0 fully saturated rings. The van der Waals surface area contributed by atoms with Crippen LogP contribution in [0.2, 0.25) is 0 Å². The summed E-state index contributed by atoms with van der Waals surface area (Å²) < 4.78 is 0. The Bertz CT molecular complexity index is 88.2. The van der Waals surface area contributed by atoms with Crippen LogP contribution in [0.5, 0.6) is 0 Å². The molecule has 0 saturated heterocycles. The van der Waals surface area contributed by atoms with Crippen LogP contribution in [0, 0.1) is 0 Å². The SMILES string of the molecule is C=C.C=CC.C=CCC=CC. The fourth-order valence-electron chi connectivity index (χ4n) is 0.232. The molecule has 0 aromatic rings. The van der Waals surface area contributed by atoms with Gasteiger partial charge in [0.1, 0.15) is 0 Å². The number of rotatable bonds is 2. The Morgan fingerprint density at radius 1 is 1.09 bits per heavy atom. The highest BCUT2D eigenvalue weighted by Crippen LogP contribution is 1.78. The summed E-state index contributed by atoms with van der Waals surface area (Å²) in [5.74, 6) is 0. The third-order valence-corrected chi connectivity index (χ3v) is 0.538. The van der Waals surface area contributed by atoms with Gasteiger partial charge in [-0.05, 0) is 20.3 Å². The standard InChI is InChI=1S/C6H10.C3H6.C2H4/c1-3-5-6-4-2;1-3-2;1-2/h3-4,6H,1,5H2,2H3;3H,1H2,2H3;1-2H2. The molecule has 0 bridgehead atoms. The molecule has 0 aliphatic heterocycles. The van der Waals surface area contributed by atoms with E-state index in [0.29, 0.717) is 0 Å². The molecule has 0 unspecified atom stereocenters. The highest BCUT2D eigenvalue weighted by molar-refractivity contribution is 4.85. The molecular formula is C11H20. The van der Waals surface area contributed by atoms with Gasteiger partial charge in [0.05, 0.1) is 0 Å². The van der Waals surface area contributed by atoms with Gasteiger partial charge in [-0.2, -0.15) is 0 Å². The number of allylic oxidation sites excluding steroid dienone is 4. The van der Waals surface area contributed by atoms with Crippen LogP contribution in [0.25, 0.3) is 0 Å². The van der Waals surface area contributed by atoms with Crippen LogP contribution in [0.4, 0.5) is 0 Å². The third-order valence-electron chi connectivity index (χ3n) is 0.538. The van der Waals surface area contributed by atoms with Gasteiger partial charge in [0, 0.05) is 0 Å². The summed E-state index contributed by atoms with van der Waals surface area (Å²) in [5, 5.41) is 0. The first-order chi connectivity index (χ1) is 5.33. The van der Waals surface area contributed by atoms with Gasteiger partial charge >= 0.3 is 0 Å². The summed E-state index contributed by atoms with van der Waals surface area (Å²) >= 11 is 0. The van der Waals surface area contributed by atoms with Crippen LogP contribution in [-0.2, 0) is 0 Å². The predicted molar refractivity (Wildman–Crippen MR) is 56.8 cm³/mol. The van der Waals surface area contributed by atoms with Crippen molar-refractivity contribution in [2.24, 2.45) is 0 Å². The lowest BCUT2D eigenvalue weighted by atomic mass is 10.4. The Labute approximate surface area is 71.6 Å². The highest BCUT2D eigenvalue weighted by Gasteiger charge is 1.57. The molecule has 0 heterocycles. The van der Waals surface area contributed by atoms with Crippen LogP contribution >= 0.6 is 0 Å². The van der Waals surface area contributed by atoms with Crippen molar-refractivity contribution in [1.29, 1.82) is 0 Å². The second-order valence-corrected chi connectivity index (χ2v) is 1.50. The molecule has 0 radical (unpaired) electrons. The average molecular weight is 152 g/mol. The maximum atomic E-state index is 3.55. The molecule has 0 saturated carbocycles. The van der Waals surface area contributed by atoms with Gasteiger partial charge in [0.25, 0.3) is 0 Å². The lowest BCUT2D eigenvalue weighted by molar-refractivity contribution is 1.39. The summed E-state index contributed by atoms with van der Waals surface area (Å²) in [6.07, 6.45) is 8.70. The van der Waals surface area contributed by atoms with E-state index >= 15 is 0 Å². The Hall–Kier alpha value is -1.04. The quantitative estimate of drug-likeness (QED) is 0.522. The molecule has 0 heteroatoms. The second kappa shape index (κ2) is 36.2. The minimum atomic E-state index is 0.997. The van der Waals surface area contributed by atoms with E-state index in [2.05, 4.69) is 32.4 Å². The van der Waals surface area contributed by atoms with E-state index in [9.17, 15) is 0 Å². The van der Waals surface area contributed by atoms with Gasteiger partial charge in [0.2, 0.25) is 0 Å². The smallest absolute Gasteiger partial charge is 0.0172 e. The molecule has 0 amide bonds. The minimum absolute atomic E-state index is 0.997. The highest BCUT2D eigenvalue weighted by atomic mass is 13.6. The molecule has 0 aromatic carbocycles. The Balaban J connectivity index is -0.000000109. The third kappa shape index (κ3) is 113. The van der Waals surface area contributed by atoms with E-state index in [1.54, 1.807) is 6.08 Å². The molecule has 0 spiro atoms. The topological polar surface area (TPSA) is 0 Å². The maximum Gasteiger partial charge on any atom is -0.0172 e. The molecule has 64 valence electrons. The maximum absolute atomic E-state index is 3.55. The average Bonchev–Trinajstić information content (AvgIpc) is 2.06. The summed E-state index contributed by atoms with van der Waals surface area (Å²) in [6.45, 7) is 16.8. The van der Waals surface area contributed by atoms with Gasteiger partial charge in [-0.25, -0.2) is 0 Å². The summed E-state index contributed by atoms with van der Waals surface area (Å²) in [5.41, 5.74) is 0. The van der Waals surface area contributed by atoms with Crippen LogP contribution in [0.15, 0.2) is 50.6 Å². The zero-order valence-electron chi connectivity index (χ0n) is 7.84. The van der Waals surface area contributed by atoms with Crippen molar-refractivity contribution in [3.05, 3.63) is 50.6 Å². The molecule has 0 atom stereocenters. The predicted octanol–water partition coefficient (Wildman–Crippen LogP) is 4.13. The fraction of sp³-hybridized carbons (Fsp3) is 0.273. The van der Waals surface area contributed by atoms with Crippen LogP contribution < -0.4 is 0 Å².